The number of nitrogens with one attached hydrogen (secondary N) is 1. The normalized spacial score (nSPS) is 15.8. The van der Waals surface area contributed by atoms with E-state index in [0.717, 1.165) is 5.56 Å². The molecular weight excluding hydrogens is 327 g/mol. The Hall–Kier alpha value is -1.27. The predicted molar refractivity (Wildman–Crippen MR) is 86.6 cm³/mol. The molecule has 22 heavy (non-hydrogen) atoms. The van der Waals surface area contributed by atoms with Crippen LogP contribution in [-0.4, -0.2) is 44.2 Å². The zero-order chi connectivity index (χ0) is 15.9. The number of nitrogens with zero attached hydrogens (tertiary/aromatic N) is 1. The third-order valence-corrected chi connectivity index (χ3v) is 4.03. The van der Waals surface area contributed by atoms with Crippen molar-refractivity contribution in [2.45, 2.75) is 6.42 Å². The number of carbonyl (C=O) groups is 1. The molecule has 1 aliphatic heterocycles. The van der Waals surface area contributed by atoms with Crippen LogP contribution in [0.15, 0.2) is 24.3 Å². The van der Waals surface area contributed by atoms with E-state index in [1.807, 2.05) is 6.07 Å². The number of halogens is 2. The Bertz CT molecular complexity index is 558. The lowest BCUT2D eigenvalue weighted by Gasteiger charge is -2.26. The van der Waals surface area contributed by atoms with Crippen LogP contribution in [0.4, 0.5) is 0 Å². The number of carbonyl (C=O) groups excluding carboxylic acids is 1. The van der Waals surface area contributed by atoms with Gasteiger partial charge in [0.2, 0.25) is 5.91 Å². The molecule has 1 aromatic carbocycles. The highest BCUT2D eigenvalue weighted by Crippen LogP contribution is 2.25. The summed E-state index contributed by atoms with van der Waals surface area (Å²) >= 11 is 11.9. The lowest BCUT2D eigenvalue weighted by molar-refractivity contribution is -0.134. The van der Waals surface area contributed by atoms with Gasteiger partial charge in [-0.3, -0.25) is 15.1 Å². The SMILES string of the molecule is CON/C(=C\CC(=O)N1CCOCC1)c1ccc(Cl)c(Cl)c1. The molecule has 7 heteroatoms. The van der Waals surface area contributed by atoms with E-state index in [-0.39, 0.29) is 12.3 Å². The van der Waals surface area contributed by atoms with Crippen molar-refractivity contribution in [3.8, 4) is 0 Å². The van der Waals surface area contributed by atoms with Gasteiger partial charge in [-0.1, -0.05) is 29.3 Å². The van der Waals surface area contributed by atoms with Crippen LogP contribution < -0.4 is 5.48 Å². The van der Waals surface area contributed by atoms with E-state index in [1.165, 1.54) is 7.11 Å². The third kappa shape index (κ3) is 4.61. The standard InChI is InChI=1S/C15H18Cl2N2O3/c1-21-18-14(11-2-3-12(16)13(17)10-11)4-5-15(20)19-6-8-22-9-7-19/h2-4,10,18H,5-9H2,1H3/b14-4-. The lowest BCUT2D eigenvalue weighted by Crippen LogP contribution is -2.40. The Morgan fingerprint density at radius 2 is 2.09 bits per heavy atom. The molecule has 1 amide bonds. The Morgan fingerprint density at radius 3 is 2.73 bits per heavy atom. The fraction of sp³-hybridized carbons (Fsp3) is 0.400. The molecule has 1 fully saturated rings. The summed E-state index contributed by atoms with van der Waals surface area (Å²) in [6.45, 7) is 2.44. The van der Waals surface area contributed by atoms with Crippen LogP contribution in [0.5, 0.6) is 0 Å². The van der Waals surface area contributed by atoms with Crippen molar-refractivity contribution in [1.82, 2.24) is 10.4 Å². The van der Waals surface area contributed by atoms with Crippen LogP contribution >= 0.6 is 23.2 Å². The average molecular weight is 345 g/mol. The maximum atomic E-state index is 12.2. The van der Waals surface area contributed by atoms with Gasteiger partial charge >= 0.3 is 0 Å². The number of ether oxygens (including phenoxy) is 1. The maximum absolute atomic E-state index is 12.2. The van der Waals surface area contributed by atoms with Crippen molar-refractivity contribution in [1.29, 1.82) is 0 Å². The lowest BCUT2D eigenvalue weighted by atomic mass is 10.1. The molecule has 0 aromatic heterocycles. The summed E-state index contributed by atoms with van der Waals surface area (Å²) < 4.78 is 5.24. The predicted octanol–water partition coefficient (Wildman–Crippen LogP) is 2.73. The van der Waals surface area contributed by atoms with E-state index < -0.39 is 0 Å². The number of rotatable bonds is 5. The van der Waals surface area contributed by atoms with Gasteiger partial charge in [0.1, 0.15) is 0 Å². The molecule has 0 atom stereocenters. The Balaban J connectivity index is 2.08. The number of hydrogen-bond donors (Lipinski definition) is 1. The van der Waals surface area contributed by atoms with E-state index in [1.54, 1.807) is 23.1 Å². The second-order valence-corrected chi connectivity index (χ2v) is 5.56. The van der Waals surface area contributed by atoms with Gasteiger partial charge in [-0.05, 0) is 18.2 Å². The topological polar surface area (TPSA) is 50.8 Å². The summed E-state index contributed by atoms with van der Waals surface area (Å²) in [6.07, 6.45) is 2.05. The number of amides is 1. The number of benzene rings is 1. The zero-order valence-corrected chi connectivity index (χ0v) is 13.8. The minimum atomic E-state index is 0.0544. The molecule has 1 saturated heterocycles. The monoisotopic (exact) mass is 344 g/mol. The minimum Gasteiger partial charge on any atom is -0.378 e. The summed E-state index contributed by atoms with van der Waals surface area (Å²) in [5, 5.41) is 0.925. The summed E-state index contributed by atoms with van der Waals surface area (Å²) in [5.74, 6) is 0.0544. The highest BCUT2D eigenvalue weighted by molar-refractivity contribution is 6.42. The summed E-state index contributed by atoms with van der Waals surface area (Å²) in [5.41, 5.74) is 4.23. The van der Waals surface area contributed by atoms with Gasteiger partial charge in [0.25, 0.3) is 0 Å². The van der Waals surface area contributed by atoms with Crippen molar-refractivity contribution < 1.29 is 14.4 Å². The second kappa shape index (κ2) is 8.39. The van der Waals surface area contributed by atoms with Gasteiger partial charge in [0, 0.05) is 25.1 Å². The van der Waals surface area contributed by atoms with E-state index >= 15 is 0 Å². The first-order chi connectivity index (χ1) is 10.6. The average Bonchev–Trinajstić information content (AvgIpc) is 2.54. The summed E-state index contributed by atoms with van der Waals surface area (Å²) in [6, 6.07) is 5.24. The van der Waals surface area contributed by atoms with Gasteiger partial charge in [-0.2, -0.15) is 0 Å². The fourth-order valence-corrected chi connectivity index (χ4v) is 2.42. The molecule has 0 aliphatic carbocycles. The van der Waals surface area contributed by atoms with E-state index in [2.05, 4.69) is 5.48 Å². The molecule has 0 bridgehead atoms. The summed E-state index contributed by atoms with van der Waals surface area (Å²) in [4.78, 5) is 18.9. The maximum Gasteiger partial charge on any atom is 0.226 e. The van der Waals surface area contributed by atoms with Crippen molar-refractivity contribution in [3.63, 3.8) is 0 Å². The number of hydrogen-bond acceptors (Lipinski definition) is 4. The molecule has 120 valence electrons. The fourth-order valence-electron chi connectivity index (χ4n) is 2.12. The van der Waals surface area contributed by atoms with E-state index in [0.29, 0.717) is 42.0 Å². The van der Waals surface area contributed by atoms with Gasteiger partial charge < -0.3 is 9.64 Å². The van der Waals surface area contributed by atoms with E-state index in [4.69, 9.17) is 32.8 Å². The zero-order valence-electron chi connectivity index (χ0n) is 12.3. The highest BCUT2D eigenvalue weighted by atomic mass is 35.5. The Morgan fingerprint density at radius 1 is 1.36 bits per heavy atom. The van der Waals surface area contributed by atoms with Crippen molar-refractivity contribution in [2.75, 3.05) is 33.4 Å². The van der Waals surface area contributed by atoms with Crippen molar-refractivity contribution >= 4 is 34.8 Å². The highest BCUT2D eigenvalue weighted by Gasteiger charge is 2.16. The van der Waals surface area contributed by atoms with Gasteiger partial charge in [0.05, 0.1) is 36.1 Å². The summed E-state index contributed by atoms with van der Waals surface area (Å²) in [7, 11) is 1.51. The van der Waals surface area contributed by atoms with Crippen LogP contribution in [0.1, 0.15) is 12.0 Å². The largest absolute Gasteiger partial charge is 0.378 e. The van der Waals surface area contributed by atoms with Crippen molar-refractivity contribution in [3.05, 3.63) is 39.9 Å². The van der Waals surface area contributed by atoms with Crippen LogP contribution in [-0.2, 0) is 14.4 Å². The number of morpholine rings is 1. The quantitative estimate of drug-likeness (QED) is 0.834. The molecule has 1 aliphatic rings. The first kappa shape index (κ1) is 17.1. The first-order valence-corrected chi connectivity index (χ1v) is 7.67. The Labute approximate surface area is 139 Å². The van der Waals surface area contributed by atoms with E-state index in [9.17, 15) is 4.79 Å². The molecule has 0 saturated carbocycles. The molecule has 5 nitrogen and oxygen atoms in total. The van der Waals surface area contributed by atoms with Crippen LogP contribution in [0.25, 0.3) is 5.70 Å². The second-order valence-electron chi connectivity index (χ2n) is 4.75. The molecule has 2 rings (SSSR count). The third-order valence-electron chi connectivity index (χ3n) is 3.29. The molecular formula is C15H18Cl2N2O3. The smallest absolute Gasteiger partial charge is 0.226 e. The molecule has 1 heterocycles. The Kier molecular flexibility index (Phi) is 6.51. The first-order valence-electron chi connectivity index (χ1n) is 6.92. The van der Waals surface area contributed by atoms with Crippen molar-refractivity contribution in [2.24, 2.45) is 0 Å². The molecule has 0 unspecified atom stereocenters. The van der Waals surface area contributed by atoms with Crippen LogP contribution in [0, 0.1) is 0 Å². The van der Waals surface area contributed by atoms with Gasteiger partial charge in [-0.25, -0.2) is 0 Å². The molecule has 0 radical (unpaired) electrons. The minimum absolute atomic E-state index is 0.0544. The molecule has 0 spiro atoms. The molecule has 1 aromatic rings. The van der Waals surface area contributed by atoms with Crippen LogP contribution in [0.3, 0.4) is 0 Å². The number of hydroxylamine groups is 1. The van der Waals surface area contributed by atoms with Gasteiger partial charge in [-0.15, -0.1) is 0 Å². The van der Waals surface area contributed by atoms with Crippen LogP contribution in [0.2, 0.25) is 10.0 Å². The van der Waals surface area contributed by atoms with Gasteiger partial charge in [0.15, 0.2) is 0 Å². The molecule has 1 N–H and O–H groups in total.